The Balaban J connectivity index is 1.41. The van der Waals surface area contributed by atoms with Gasteiger partial charge in [-0.3, -0.25) is 9.88 Å². The number of rotatable bonds is 6. The standard InChI is InChI=1S/C19H28N6/c1-23(2)14-18-21-22-19(25(18)17-5-6-17)16-7-10-24(11-8-16)13-15-4-3-9-20-12-15/h3-4,9,12,16-17H,5-8,10-11,13-14H2,1-2H3. The summed E-state index contributed by atoms with van der Waals surface area (Å²) in [6.07, 6.45) is 8.73. The Morgan fingerprint density at radius 1 is 1.12 bits per heavy atom. The van der Waals surface area contributed by atoms with Crippen LogP contribution in [0.5, 0.6) is 0 Å². The van der Waals surface area contributed by atoms with Gasteiger partial charge < -0.3 is 9.47 Å². The van der Waals surface area contributed by atoms with Gasteiger partial charge in [0.05, 0.1) is 6.54 Å². The molecular weight excluding hydrogens is 312 g/mol. The first-order valence-corrected chi connectivity index (χ1v) is 9.40. The lowest BCUT2D eigenvalue weighted by Crippen LogP contribution is -2.33. The third kappa shape index (κ3) is 3.90. The van der Waals surface area contributed by atoms with Gasteiger partial charge in [0.1, 0.15) is 11.6 Å². The Labute approximate surface area is 149 Å². The first kappa shape index (κ1) is 16.7. The smallest absolute Gasteiger partial charge is 0.147 e. The van der Waals surface area contributed by atoms with Gasteiger partial charge in [0, 0.05) is 30.9 Å². The summed E-state index contributed by atoms with van der Waals surface area (Å²) in [5.74, 6) is 2.93. The summed E-state index contributed by atoms with van der Waals surface area (Å²) < 4.78 is 2.46. The topological polar surface area (TPSA) is 50.1 Å². The molecule has 3 heterocycles. The maximum atomic E-state index is 4.62. The summed E-state index contributed by atoms with van der Waals surface area (Å²) in [6.45, 7) is 4.13. The lowest BCUT2D eigenvalue weighted by Gasteiger charge is -2.31. The Kier molecular flexibility index (Phi) is 4.81. The summed E-state index contributed by atoms with van der Waals surface area (Å²) in [6, 6.07) is 4.83. The molecule has 2 aromatic rings. The molecular formula is C19H28N6. The normalized spacial score (nSPS) is 19.6. The number of hydrogen-bond acceptors (Lipinski definition) is 5. The van der Waals surface area contributed by atoms with E-state index < -0.39 is 0 Å². The van der Waals surface area contributed by atoms with E-state index in [1.165, 1.54) is 37.1 Å². The SMILES string of the molecule is CN(C)Cc1nnc(C2CCN(Cc3cccnc3)CC2)n1C1CC1. The van der Waals surface area contributed by atoms with Crippen LogP contribution in [0, 0.1) is 0 Å². The number of hydrogen-bond donors (Lipinski definition) is 0. The van der Waals surface area contributed by atoms with Crippen LogP contribution >= 0.6 is 0 Å². The Morgan fingerprint density at radius 2 is 1.92 bits per heavy atom. The fourth-order valence-corrected chi connectivity index (χ4v) is 3.84. The van der Waals surface area contributed by atoms with Crippen molar-refractivity contribution in [3.63, 3.8) is 0 Å². The van der Waals surface area contributed by atoms with Gasteiger partial charge in [-0.25, -0.2) is 0 Å². The maximum Gasteiger partial charge on any atom is 0.147 e. The van der Waals surface area contributed by atoms with Crippen LogP contribution < -0.4 is 0 Å². The Hall–Kier alpha value is -1.79. The van der Waals surface area contributed by atoms with E-state index >= 15 is 0 Å². The van der Waals surface area contributed by atoms with Crippen molar-refractivity contribution in [3.8, 4) is 0 Å². The fraction of sp³-hybridized carbons (Fsp3) is 0.632. The van der Waals surface area contributed by atoms with Crippen molar-refractivity contribution in [2.45, 2.75) is 50.7 Å². The van der Waals surface area contributed by atoms with E-state index in [0.717, 1.165) is 32.0 Å². The van der Waals surface area contributed by atoms with Crippen LogP contribution in [-0.4, -0.2) is 56.7 Å². The molecule has 2 aliphatic rings. The average molecular weight is 340 g/mol. The van der Waals surface area contributed by atoms with Gasteiger partial charge in [-0.2, -0.15) is 0 Å². The molecule has 6 nitrogen and oxygen atoms in total. The molecule has 1 aliphatic carbocycles. The molecule has 0 N–H and O–H groups in total. The predicted molar refractivity (Wildman–Crippen MR) is 97.2 cm³/mol. The van der Waals surface area contributed by atoms with Gasteiger partial charge >= 0.3 is 0 Å². The Bertz CT molecular complexity index is 683. The summed E-state index contributed by atoms with van der Waals surface area (Å²) in [4.78, 5) is 8.94. The van der Waals surface area contributed by atoms with Crippen molar-refractivity contribution in [2.75, 3.05) is 27.2 Å². The molecule has 1 saturated carbocycles. The number of piperidine rings is 1. The summed E-state index contributed by atoms with van der Waals surface area (Å²) >= 11 is 0. The highest BCUT2D eigenvalue weighted by Gasteiger charge is 2.33. The largest absolute Gasteiger partial charge is 0.311 e. The van der Waals surface area contributed by atoms with Crippen LogP contribution in [-0.2, 0) is 13.1 Å². The molecule has 6 heteroatoms. The molecule has 0 atom stereocenters. The van der Waals surface area contributed by atoms with Crippen LogP contribution in [0.1, 0.15) is 54.9 Å². The van der Waals surface area contributed by atoms with Gasteiger partial charge in [0.25, 0.3) is 0 Å². The third-order valence-corrected chi connectivity index (χ3v) is 5.24. The minimum Gasteiger partial charge on any atom is -0.311 e. The molecule has 2 fully saturated rings. The van der Waals surface area contributed by atoms with Crippen LogP contribution in [0.2, 0.25) is 0 Å². The van der Waals surface area contributed by atoms with Crippen molar-refractivity contribution in [1.82, 2.24) is 29.5 Å². The number of pyridine rings is 1. The molecule has 0 aromatic carbocycles. The van der Waals surface area contributed by atoms with Crippen LogP contribution in [0.25, 0.3) is 0 Å². The highest BCUT2D eigenvalue weighted by Crippen LogP contribution is 2.40. The lowest BCUT2D eigenvalue weighted by molar-refractivity contribution is 0.199. The van der Waals surface area contributed by atoms with Crippen LogP contribution in [0.3, 0.4) is 0 Å². The van der Waals surface area contributed by atoms with Crippen LogP contribution in [0.15, 0.2) is 24.5 Å². The number of likely N-dealkylation sites (tertiary alicyclic amines) is 1. The highest BCUT2D eigenvalue weighted by molar-refractivity contribution is 5.11. The van der Waals surface area contributed by atoms with Gasteiger partial charge in [-0.05, 0) is 64.5 Å². The second-order valence-corrected chi connectivity index (χ2v) is 7.73. The molecule has 4 rings (SSSR count). The molecule has 25 heavy (non-hydrogen) atoms. The zero-order chi connectivity index (χ0) is 17.2. The van der Waals surface area contributed by atoms with E-state index in [4.69, 9.17) is 0 Å². The van der Waals surface area contributed by atoms with Gasteiger partial charge in [-0.15, -0.1) is 10.2 Å². The summed E-state index contributed by atoms with van der Waals surface area (Å²) in [5.41, 5.74) is 1.30. The minimum absolute atomic E-state index is 0.550. The van der Waals surface area contributed by atoms with E-state index in [9.17, 15) is 0 Å². The van der Waals surface area contributed by atoms with Crippen molar-refractivity contribution in [2.24, 2.45) is 0 Å². The molecule has 0 radical (unpaired) electrons. The molecule has 0 unspecified atom stereocenters. The van der Waals surface area contributed by atoms with Crippen molar-refractivity contribution >= 4 is 0 Å². The van der Waals surface area contributed by atoms with E-state index in [-0.39, 0.29) is 0 Å². The van der Waals surface area contributed by atoms with Gasteiger partial charge in [0.15, 0.2) is 0 Å². The lowest BCUT2D eigenvalue weighted by atomic mass is 9.95. The molecule has 0 spiro atoms. The zero-order valence-corrected chi connectivity index (χ0v) is 15.3. The summed E-state index contributed by atoms with van der Waals surface area (Å²) in [7, 11) is 4.20. The predicted octanol–water partition coefficient (Wildman–Crippen LogP) is 2.45. The first-order valence-electron chi connectivity index (χ1n) is 9.40. The monoisotopic (exact) mass is 340 g/mol. The van der Waals surface area contributed by atoms with E-state index in [0.29, 0.717) is 12.0 Å². The number of aromatic nitrogens is 4. The third-order valence-electron chi connectivity index (χ3n) is 5.24. The molecule has 2 aromatic heterocycles. The second kappa shape index (κ2) is 7.22. The molecule has 1 saturated heterocycles. The maximum absolute atomic E-state index is 4.62. The molecule has 0 amide bonds. The zero-order valence-electron chi connectivity index (χ0n) is 15.3. The highest BCUT2D eigenvalue weighted by atomic mass is 15.3. The van der Waals surface area contributed by atoms with Crippen molar-refractivity contribution in [1.29, 1.82) is 0 Å². The van der Waals surface area contributed by atoms with Gasteiger partial charge in [-0.1, -0.05) is 6.07 Å². The molecule has 134 valence electrons. The van der Waals surface area contributed by atoms with E-state index in [1.807, 2.05) is 18.5 Å². The average Bonchev–Trinajstić information content (AvgIpc) is 3.37. The Morgan fingerprint density at radius 3 is 2.56 bits per heavy atom. The minimum atomic E-state index is 0.550. The first-order chi connectivity index (χ1) is 12.2. The van der Waals surface area contributed by atoms with E-state index in [1.54, 1.807) is 0 Å². The fourth-order valence-electron chi connectivity index (χ4n) is 3.84. The second-order valence-electron chi connectivity index (χ2n) is 7.73. The number of nitrogens with zero attached hydrogens (tertiary/aromatic N) is 6. The van der Waals surface area contributed by atoms with Crippen molar-refractivity contribution < 1.29 is 0 Å². The summed E-state index contributed by atoms with van der Waals surface area (Å²) in [5, 5.41) is 9.15. The molecule has 1 aliphatic heterocycles. The van der Waals surface area contributed by atoms with E-state index in [2.05, 4.69) is 49.7 Å². The quantitative estimate of drug-likeness (QED) is 0.808. The van der Waals surface area contributed by atoms with Crippen LogP contribution in [0.4, 0.5) is 0 Å². The van der Waals surface area contributed by atoms with Crippen molar-refractivity contribution in [3.05, 3.63) is 41.7 Å². The molecule has 0 bridgehead atoms. The van der Waals surface area contributed by atoms with Gasteiger partial charge in [0.2, 0.25) is 0 Å².